The molecule has 7 heteroatoms. The normalized spacial score (nSPS) is 18.4. The van der Waals surface area contributed by atoms with Crippen LogP contribution in [-0.2, 0) is 14.8 Å². The van der Waals surface area contributed by atoms with E-state index >= 15 is 0 Å². The second kappa shape index (κ2) is 7.81. The lowest BCUT2D eigenvalue weighted by molar-refractivity contribution is -0.122. The summed E-state index contributed by atoms with van der Waals surface area (Å²) in [4.78, 5) is 13.7. The summed E-state index contributed by atoms with van der Waals surface area (Å²) in [6, 6.07) is 0.00871. The number of hydrogen-bond donors (Lipinski definition) is 2. The fraction of sp³-hybridized carbons (Fsp3) is 0.917. The number of carbonyl (C=O) groups is 1. The van der Waals surface area contributed by atoms with Crippen LogP contribution in [0.2, 0.25) is 0 Å². The van der Waals surface area contributed by atoms with Gasteiger partial charge in [0.2, 0.25) is 15.9 Å². The Morgan fingerprint density at radius 2 is 1.95 bits per heavy atom. The van der Waals surface area contributed by atoms with E-state index in [1.165, 1.54) is 6.26 Å². The zero-order valence-corrected chi connectivity index (χ0v) is 12.6. The van der Waals surface area contributed by atoms with E-state index in [4.69, 9.17) is 0 Å². The number of sulfonamides is 1. The quantitative estimate of drug-likeness (QED) is 0.643. The van der Waals surface area contributed by atoms with Crippen LogP contribution in [0.1, 0.15) is 32.6 Å². The lowest BCUT2D eigenvalue weighted by Gasteiger charge is -2.31. The van der Waals surface area contributed by atoms with Crippen molar-refractivity contribution in [1.82, 2.24) is 14.9 Å². The van der Waals surface area contributed by atoms with Crippen molar-refractivity contribution in [3.05, 3.63) is 0 Å². The van der Waals surface area contributed by atoms with Crippen molar-refractivity contribution in [3.63, 3.8) is 0 Å². The minimum atomic E-state index is -3.13. The van der Waals surface area contributed by atoms with Gasteiger partial charge in [-0.3, -0.25) is 9.69 Å². The molecule has 1 amide bonds. The molecule has 1 heterocycles. The largest absolute Gasteiger partial charge is 0.355 e. The van der Waals surface area contributed by atoms with Crippen molar-refractivity contribution in [2.24, 2.45) is 0 Å². The number of rotatable bonds is 7. The molecule has 1 aliphatic rings. The van der Waals surface area contributed by atoms with Gasteiger partial charge in [-0.05, 0) is 19.3 Å². The van der Waals surface area contributed by atoms with Gasteiger partial charge in [-0.25, -0.2) is 13.1 Å². The first-order valence-corrected chi connectivity index (χ1v) is 8.76. The Hall–Kier alpha value is -0.660. The van der Waals surface area contributed by atoms with Gasteiger partial charge >= 0.3 is 0 Å². The van der Waals surface area contributed by atoms with Crippen LogP contribution < -0.4 is 10.0 Å². The van der Waals surface area contributed by atoms with E-state index in [1.54, 1.807) is 0 Å². The highest BCUT2D eigenvalue weighted by molar-refractivity contribution is 7.88. The highest BCUT2D eigenvalue weighted by atomic mass is 32.2. The first kappa shape index (κ1) is 16.4. The summed E-state index contributed by atoms with van der Waals surface area (Å²) >= 11 is 0. The molecule has 112 valence electrons. The fourth-order valence-corrected chi connectivity index (χ4v) is 3.02. The lowest BCUT2D eigenvalue weighted by Crippen LogP contribution is -2.47. The Balaban J connectivity index is 2.21. The Kier molecular flexibility index (Phi) is 6.74. The van der Waals surface area contributed by atoms with Crippen LogP contribution in [0.5, 0.6) is 0 Å². The van der Waals surface area contributed by atoms with Gasteiger partial charge in [-0.2, -0.15) is 0 Å². The molecule has 0 unspecified atom stereocenters. The maximum Gasteiger partial charge on any atom is 0.234 e. The van der Waals surface area contributed by atoms with Crippen molar-refractivity contribution < 1.29 is 13.2 Å². The second-order valence-electron chi connectivity index (χ2n) is 5.14. The van der Waals surface area contributed by atoms with Crippen molar-refractivity contribution in [2.45, 2.75) is 38.6 Å². The number of nitrogens with one attached hydrogen (secondary N) is 2. The molecule has 0 bridgehead atoms. The monoisotopic (exact) mass is 291 g/mol. The maximum atomic E-state index is 11.6. The number of nitrogens with zero attached hydrogens (tertiary/aromatic N) is 1. The second-order valence-corrected chi connectivity index (χ2v) is 6.92. The SMILES string of the molecule is CCCCNC(=O)CN1CCC(NS(C)(=O)=O)CC1. The number of likely N-dealkylation sites (tertiary alicyclic amines) is 1. The lowest BCUT2D eigenvalue weighted by atomic mass is 10.1. The molecule has 0 aromatic rings. The molecule has 19 heavy (non-hydrogen) atoms. The van der Waals surface area contributed by atoms with E-state index in [0.717, 1.165) is 45.3 Å². The van der Waals surface area contributed by atoms with Crippen LogP contribution in [0.3, 0.4) is 0 Å². The van der Waals surface area contributed by atoms with Crippen LogP contribution in [0.25, 0.3) is 0 Å². The van der Waals surface area contributed by atoms with Gasteiger partial charge in [-0.1, -0.05) is 13.3 Å². The van der Waals surface area contributed by atoms with E-state index in [9.17, 15) is 13.2 Å². The topological polar surface area (TPSA) is 78.5 Å². The van der Waals surface area contributed by atoms with E-state index in [-0.39, 0.29) is 11.9 Å². The number of unbranched alkanes of at least 4 members (excludes halogenated alkanes) is 1. The minimum absolute atomic E-state index is 0.00871. The van der Waals surface area contributed by atoms with Crippen molar-refractivity contribution >= 4 is 15.9 Å². The first-order valence-electron chi connectivity index (χ1n) is 6.87. The van der Waals surface area contributed by atoms with Gasteiger partial charge < -0.3 is 5.32 Å². The number of piperidine rings is 1. The predicted octanol–water partition coefficient (Wildman–Crippen LogP) is -0.0837. The van der Waals surface area contributed by atoms with Crippen LogP contribution >= 0.6 is 0 Å². The Bertz CT molecular complexity index is 376. The van der Waals surface area contributed by atoms with Gasteiger partial charge in [0.25, 0.3) is 0 Å². The summed E-state index contributed by atoms with van der Waals surface area (Å²) in [6.45, 7) is 4.76. The molecule has 0 aromatic carbocycles. The van der Waals surface area contributed by atoms with E-state index in [0.29, 0.717) is 6.54 Å². The average molecular weight is 291 g/mol. The molecule has 1 fully saturated rings. The average Bonchev–Trinajstić information content (AvgIpc) is 2.30. The van der Waals surface area contributed by atoms with Crippen LogP contribution in [0.15, 0.2) is 0 Å². The molecule has 0 aromatic heterocycles. The van der Waals surface area contributed by atoms with Gasteiger partial charge in [0, 0.05) is 25.7 Å². The van der Waals surface area contributed by atoms with Crippen molar-refractivity contribution in [1.29, 1.82) is 0 Å². The third kappa shape index (κ3) is 7.49. The summed E-state index contributed by atoms with van der Waals surface area (Å²) in [5.41, 5.74) is 0. The summed E-state index contributed by atoms with van der Waals surface area (Å²) in [5, 5.41) is 2.89. The van der Waals surface area contributed by atoms with Crippen LogP contribution in [0.4, 0.5) is 0 Å². The van der Waals surface area contributed by atoms with Gasteiger partial charge in [0.1, 0.15) is 0 Å². The summed E-state index contributed by atoms with van der Waals surface area (Å²) in [5.74, 6) is 0.0583. The smallest absolute Gasteiger partial charge is 0.234 e. The van der Waals surface area contributed by atoms with E-state index in [1.807, 2.05) is 0 Å². The Morgan fingerprint density at radius 3 is 2.47 bits per heavy atom. The van der Waals surface area contributed by atoms with Gasteiger partial charge in [-0.15, -0.1) is 0 Å². The van der Waals surface area contributed by atoms with Gasteiger partial charge in [0.05, 0.1) is 12.8 Å². The molecule has 0 spiro atoms. The third-order valence-corrected chi connectivity index (χ3v) is 3.95. The maximum absolute atomic E-state index is 11.6. The summed E-state index contributed by atoms with van der Waals surface area (Å²) < 4.78 is 24.9. The number of carbonyl (C=O) groups excluding carboxylic acids is 1. The predicted molar refractivity (Wildman–Crippen MR) is 75.4 cm³/mol. The van der Waals surface area contributed by atoms with E-state index < -0.39 is 10.0 Å². The molecule has 0 atom stereocenters. The molecule has 0 saturated carbocycles. The van der Waals surface area contributed by atoms with E-state index in [2.05, 4.69) is 21.9 Å². The molecule has 0 radical (unpaired) electrons. The molecule has 2 N–H and O–H groups in total. The zero-order chi connectivity index (χ0) is 14.3. The van der Waals surface area contributed by atoms with Crippen molar-refractivity contribution in [3.8, 4) is 0 Å². The summed E-state index contributed by atoms with van der Waals surface area (Å²) in [6.07, 6.45) is 4.78. The zero-order valence-electron chi connectivity index (χ0n) is 11.8. The summed E-state index contributed by atoms with van der Waals surface area (Å²) in [7, 11) is -3.13. The molecular weight excluding hydrogens is 266 g/mol. The number of amides is 1. The van der Waals surface area contributed by atoms with Crippen LogP contribution in [0, 0.1) is 0 Å². The third-order valence-electron chi connectivity index (χ3n) is 3.19. The Morgan fingerprint density at radius 1 is 1.32 bits per heavy atom. The minimum Gasteiger partial charge on any atom is -0.355 e. The highest BCUT2D eigenvalue weighted by Gasteiger charge is 2.22. The molecule has 1 saturated heterocycles. The number of hydrogen-bond acceptors (Lipinski definition) is 4. The molecule has 6 nitrogen and oxygen atoms in total. The standard InChI is InChI=1S/C12H25N3O3S/c1-3-4-7-13-12(16)10-15-8-5-11(6-9-15)14-19(2,17)18/h11,14H,3-10H2,1-2H3,(H,13,16). The Labute approximate surface area is 116 Å². The molecule has 1 rings (SSSR count). The fourth-order valence-electron chi connectivity index (χ4n) is 2.18. The molecular formula is C12H25N3O3S. The van der Waals surface area contributed by atoms with Gasteiger partial charge in [0.15, 0.2) is 0 Å². The molecule has 1 aliphatic heterocycles. The van der Waals surface area contributed by atoms with Crippen LogP contribution in [-0.4, -0.2) is 57.7 Å². The molecule has 0 aliphatic carbocycles. The van der Waals surface area contributed by atoms with Crippen molar-refractivity contribution in [2.75, 3.05) is 32.4 Å². The highest BCUT2D eigenvalue weighted by Crippen LogP contribution is 2.10. The first-order chi connectivity index (χ1) is 8.90.